The summed E-state index contributed by atoms with van der Waals surface area (Å²) in [5.74, 6) is 0.733. The molecule has 0 fully saturated rings. The molecular formula is C22H19NO2. The van der Waals surface area contributed by atoms with Gasteiger partial charge in [-0.3, -0.25) is 4.79 Å². The number of ether oxygens (including phenoxy) is 1. The zero-order valence-corrected chi connectivity index (χ0v) is 14.0. The van der Waals surface area contributed by atoms with Crippen LogP contribution in [-0.4, -0.2) is 12.5 Å². The van der Waals surface area contributed by atoms with Crippen molar-refractivity contribution >= 4 is 22.8 Å². The summed E-state index contributed by atoms with van der Waals surface area (Å²) in [6.07, 6.45) is 1.90. The van der Waals surface area contributed by atoms with Crippen molar-refractivity contribution in [1.29, 1.82) is 0 Å². The fourth-order valence-electron chi connectivity index (χ4n) is 3.10. The summed E-state index contributed by atoms with van der Waals surface area (Å²) in [5, 5.41) is 5.45. The number of benzene rings is 3. The van der Waals surface area contributed by atoms with E-state index >= 15 is 0 Å². The molecule has 3 aromatic rings. The first-order valence-corrected chi connectivity index (χ1v) is 8.43. The van der Waals surface area contributed by atoms with E-state index in [2.05, 4.69) is 35.6 Å². The van der Waals surface area contributed by atoms with Crippen LogP contribution in [0.2, 0.25) is 0 Å². The monoisotopic (exact) mass is 329 g/mol. The maximum absolute atomic E-state index is 12.6. The zero-order chi connectivity index (χ0) is 17.2. The first kappa shape index (κ1) is 15.5. The van der Waals surface area contributed by atoms with E-state index < -0.39 is 0 Å². The van der Waals surface area contributed by atoms with Gasteiger partial charge in [0.2, 0.25) is 0 Å². The van der Waals surface area contributed by atoms with Crippen molar-refractivity contribution in [3.8, 4) is 5.75 Å². The Bertz CT molecular complexity index is 974. The summed E-state index contributed by atoms with van der Waals surface area (Å²) in [4.78, 5) is 12.6. The molecule has 1 aliphatic rings. The van der Waals surface area contributed by atoms with Gasteiger partial charge in [0.05, 0.1) is 11.6 Å². The van der Waals surface area contributed by atoms with Gasteiger partial charge < -0.3 is 10.1 Å². The molecule has 3 aromatic carbocycles. The molecule has 0 aromatic heterocycles. The van der Waals surface area contributed by atoms with E-state index in [1.54, 1.807) is 0 Å². The van der Waals surface area contributed by atoms with Crippen molar-refractivity contribution in [2.45, 2.75) is 13.0 Å². The van der Waals surface area contributed by atoms with Crippen LogP contribution in [0.4, 0.5) is 0 Å². The molecule has 1 N–H and O–H groups in total. The Kier molecular flexibility index (Phi) is 3.98. The standard InChI is InChI=1S/C22H19NO2/c1-15(17-11-10-16-6-2-3-7-18(16)12-17)23-22(24)20-13-19-8-4-5-9-21(19)25-14-20/h2-13,15H,14H2,1H3,(H,23,24). The van der Waals surface area contributed by atoms with Gasteiger partial charge in [-0.25, -0.2) is 0 Å². The fraction of sp³-hybridized carbons (Fsp3) is 0.136. The largest absolute Gasteiger partial charge is 0.488 e. The van der Waals surface area contributed by atoms with Gasteiger partial charge in [-0.2, -0.15) is 0 Å². The van der Waals surface area contributed by atoms with Crippen LogP contribution in [-0.2, 0) is 4.79 Å². The minimum Gasteiger partial charge on any atom is -0.488 e. The number of amides is 1. The minimum atomic E-state index is -0.0878. The molecule has 1 amide bonds. The van der Waals surface area contributed by atoms with Gasteiger partial charge in [-0.1, -0.05) is 54.6 Å². The molecular weight excluding hydrogens is 310 g/mol. The highest BCUT2D eigenvalue weighted by atomic mass is 16.5. The second kappa shape index (κ2) is 6.44. The number of rotatable bonds is 3. The summed E-state index contributed by atoms with van der Waals surface area (Å²) in [6, 6.07) is 22.2. The molecule has 124 valence electrons. The first-order valence-electron chi connectivity index (χ1n) is 8.43. The lowest BCUT2D eigenvalue weighted by molar-refractivity contribution is -0.118. The lowest BCUT2D eigenvalue weighted by atomic mass is 10.0. The molecule has 1 unspecified atom stereocenters. The molecule has 3 nitrogen and oxygen atoms in total. The number of carbonyl (C=O) groups is 1. The van der Waals surface area contributed by atoms with Gasteiger partial charge in [0, 0.05) is 5.56 Å². The highest BCUT2D eigenvalue weighted by molar-refractivity contribution is 5.99. The van der Waals surface area contributed by atoms with E-state index in [0.717, 1.165) is 16.9 Å². The maximum atomic E-state index is 12.6. The number of nitrogens with one attached hydrogen (secondary N) is 1. The molecule has 0 bridgehead atoms. The zero-order valence-electron chi connectivity index (χ0n) is 14.0. The average molecular weight is 329 g/mol. The van der Waals surface area contributed by atoms with E-state index in [0.29, 0.717) is 12.2 Å². The van der Waals surface area contributed by atoms with Crippen LogP contribution in [0, 0.1) is 0 Å². The van der Waals surface area contributed by atoms with Gasteiger partial charge in [0.1, 0.15) is 12.4 Å². The van der Waals surface area contributed by atoms with Crippen LogP contribution in [0.5, 0.6) is 5.75 Å². The third-order valence-corrected chi connectivity index (χ3v) is 4.54. The molecule has 0 spiro atoms. The Morgan fingerprint density at radius 1 is 1.00 bits per heavy atom. The molecule has 0 aliphatic carbocycles. The first-order chi connectivity index (χ1) is 12.2. The number of hydrogen-bond acceptors (Lipinski definition) is 2. The number of para-hydroxylation sites is 1. The third kappa shape index (κ3) is 3.13. The van der Waals surface area contributed by atoms with Crippen molar-refractivity contribution in [1.82, 2.24) is 5.32 Å². The third-order valence-electron chi connectivity index (χ3n) is 4.54. The fourth-order valence-corrected chi connectivity index (χ4v) is 3.10. The van der Waals surface area contributed by atoms with Crippen molar-refractivity contribution in [3.05, 3.63) is 83.4 Å². The average Bonchev–Trinajstić information content (AvgIpc) is 2.67. The van der Waals surface area contributed by atoms with Crippen LogP contribution in [0.25, 0.3) is 16.8 Å². The summed E-state index contributed by atoms with van der Waals surface area (Å²) in [5.41, 5.74) is 2.67. The number of carbonyl (C=O) groups excluding carboxylic acids is 1. The minimum absolute atomic E-state index is 0.0739. The second-order valence-corrected chi connectivity index (χ2v) is 6.30. The normalized spacial score (nSPS) is 14.2. The predicted octanol–water partition coefficient (Wildman–Crippen LogP) is 4.49. The molecule has 1 heterocycles. The lowest BCUT2D eigenvalue weighted by Crippen LogP contribution is -2.30. The molecule has 0 radical (unpaired) electrons. The quantitative estimate of drug-likeness (QED) is 0.769. The van der Waals surface area contributed by atoms with E-state index in [1.165, 1.54) is 10.8 Å². The van der Waals surface area contributed by atoms with Crippen LogP contribution in [0.1, 0.15) is 24.1 Å². The summed E-state index contributed by atoms with van der Waals surface area (Å²) in [6.45, 7) is 2.30. The number of hydrogen-bond donors (Lipinski definition) is 1. The van der Waals surface area contributed by atoms with Crippen LogP contribution in [0.15, 0.2) is 72.3 Å². The van der Waals surface area contributed by atoms with Crippen molar-refractivity contribution in [2.24, 2.45) is 0 Å². The molecule has 1 aliphatic heterocycles. The van der Waals surface area contributed by atoms with Gasteiger partial charge in [0.25, 0.3) is 5.91 Å². The SMILES string of the molecule is CC(NC(=O)C1=Cc2ccccc2OC1)c1ccc2ccccc2c1. The van der Waals surface area contributed by atoms with Gasteiger partial charge in [-0.15, -0.1) is 0 Å². The maximum Gasteiger partial charge on any atom is 0.251 e. The van der Waals surface area contributed by atoms with Crippen molar-refractivity contribution in [3.63, 3.8) is 0 Å². The van der Waals surface area contributed by atoms with Gasteiger partial charge in [-0.05, 0) is 41.5 Å². The van der Waals surface area contributed by atoms with E-state index in [1.807, 2.05) is 49.4 Å². The smallest absolute Gasteiger partial charge is 0.251 e. The Labute approximate surface area is 146 Å². The lowest BCUT2D eigenvalue weighted by Gasteiger charge is -2.20. The molecule has 3 heteroatoms. The van der Waals surface area contributed by atoms with Crippen molar-refractivity contribution < 1.29 is 9.53 Å². The van der Waals surface area contributed by atoms with Gasteiger partial charge in [0.15, 0.2) is 0 Å². The molecule has 4 rings (SSSR count). The highest BCUT2D eigenvalue weighted by Gasteiger charge is 2.19. The Morgan fingerprint density at radius 2 is 1.76 bits per heavy atom. The van der Waals surface area contributed by atoms with Crippen LogP contribution in [0.3, 0.4) is 0 Å². The molecule has 0 saturated heterocycles. The molecule has 1 atom stereocenters. The molecule has 25 heavy (non-hydrogen) atoms. The van der Waals surface area contributed by atoms with E-state index in [4.69, 9.17) is 4.74 Å². The summed E-state index contributed by atoms with van der Waals surface area (Å²) in [7, 11) is 0. The predicted molar refractivity (Wildman–Crippen MR) is 100 cm³/mol. The molecule has 0 saturated carbocycles. The number of fused-ring (bicyclic) bond motifs is 2. The van der Waals surface area contributed by atoms with Gasteiger partial charge >= 0.3 is 0 Å². The second-order valence-electron chi connectivity index (χ2n) is 6.30. The summed E-state index contributed by atoms with van der Waals surface area (Å²) < 4.78 is 5.67. The van der Waals surface area contributed by atoms with E-state index in [-0.39, 0.29) is 11.9 Å². The Morgan fingerprint density at radius 3 is 2.64 bits per heavy atom. The topological polar surface area (TPSA) is 38.3 Å². The van der Waals surface area contributed by atoms with Crippen LogP contribution >= 0.6 is 0 Å². The van der Waals surface area contributed by atoms with Crippen LogP contribution < -0.4 is 10.1 Å². The summed E-state index contributed by atoms with van der Waals surface area (Å²) >= 11 is 0. The Hall–Kier alpha value is -3.07. The highest BCUT2D eigenvalue weighted by Crippen LogP contribution is 2.26. The van der Waals surface area contributed by atoms with E-state index in [9.17, 15) is 4.79 Å². The van der Waals surface area contributed by atoms with Crippen molar-refractivity contribution in [2.75, 3.05) is 6.61 Å². The Balaban J connectivity index is 1.53.